The van der Waals surface area contributed by atoms with Crippen LogP contribution in [0, 0.1) is 0 Å². The minimum absolute atomic E-state index is 0.297. The van der Waals surface area contributed by atoms with Crippen LogP contribution in [0.2, 0.25) is 0 Å². The van der Waals surface area contributed by atoms with Crippen molar-refractivity contribution < 1.29 is 9.90 Å². The number of hydrogen-bond acceptors (Lipinski definition) is 2. The van der Waals surface area contributed by atoms with Crippen molar-refractivity contribution in [3.05, 3.63) is 60.7 Å². The first kappa shape index (κ1) is 10.5. The summed E-state index contributed by atoms with van der Waals surface area (Å²) in [5, 5.41) is 10.9. The molecule has 1 heterocycles. The fraction of sp³-hybridized carbons (Fsp3) is 0. The number of carboxylic acid groups (broad SMARTS) is 1. The lowest BCUT2D eigenvalue weighted by Crippen LogP contribution is -1.96. The van der Waals surface area contributed by atoms with E-state index in [0.717, 1.165) is 16.5 Å². The number of aromatic carboxylic acids is 1. The second-order valence-electron chi connectivity index (χ2n) is 4.02. The van der Waals surface area contributed by atoms with Crippen LogP contribution in [0.4, 0.5) is 0 Å². The van der Waals surface area contributed by atoms with Gasteiger partial charge in [-0.3, -0.25) is 0 Å². The largest absolute Gasteiger partial charge is 0.478 e. The molecule has 0 radical (unpaired) electrons. The van der Waals surface area contributed by atoms with Gasteiger partial charge in [0.1, 0.15) is 0 Å². The topological polar surface area (TPSA) is 55.1 Å². The first-order valence-corrected chi connectivity index (χ1v) is 5.49. The Kier molecular flexibility index (Phi) is 2.34. The van der Waals surface area contributed by atoms with Crippen LogP contribution in [0.5, 0.6) is 0 Å². The third-order valence-electron chi connectivity index (χ3n) is 2.87. The number of benzene rings is 2. The molecule has 0 saturated carbocycles. The van der Waals surface area contributed by atoms with Crippen molar-refractivity contribution in [2.24, 2.45) is 0 Å². The lowest BCUT2D eigenvalue weighted by molar-refractivity contribution is 0.0697. The van der Waals surface area contributed by atoms with Crippen LogP contribution in [0.25, 0.3) is 16.5 Å². The van der Waals surface area contributed by atoms with E-state index in [1.807, 2.05) is 35.0 Å². The van der Waals surface area contributed by atoms with Crippen molar-refractivity contribution in [3.63, 3.8) is 0 Å². The van der Waals surface area contributed by atoms with E-state index in [1.165, 1.54) is 0 Å². The minimum atomic E-state index is -0.912. The maximum Gasteiger partial charge on any atom is 0.335 e. The zero-order valence-electron chi connectivity index (χ0n) is 9.45. The number of hydrogen-bond donors (Lipinski definition) is 1. The van der Waals surface area contributed by atoms with E-state index < -0.39 is 5.97 Å². The molecule has 4 nitrogen and oxygen atoms in total. The predicted octanol–water partition coefficient (Wildman–Crippen LogP) is 2.72. The van der Waals surface area contributed by atoms with Crippen molar-refractivity contribution >= 4 is 16.7 Å². The normalized spacial score (nSPS) is 10.7. The van der Waals surface area contributed by atoms with Gasteiger partial charge >= 0.3 is 5.97 Å². The summed E-state index contributed by atoms with van der Waals surface area (Å²) in [6, 6.07) is 11.0. The summed E-state index contributed by atoms with van der Waals surface area (Å²) in [5.41, 5.74) is 1.26. The average molecular weight is 238 g/mol. The summed E-state index contributed by atoms with van der Waals surface area (Å²) in [7, 11) is 0. The van der Waals surface area contributed by atoms with E-state index in [-0.39, 0.29) is 0 Å². The Bertz CT molecular complexity index is 718. The monoisotopic (exact) mass is 238 g/mol. The first-order chi connectivity index (χ1) is 8.74. The first-order valence-electron chi connectivity index (χ1n) is 5.49. The molecule has 3 aromatic rings. The fourth-order valence-corrected chi connectivity index (χ4v) is 1.94. The number of carbonyl (C=O) groups is 1. The number of aromatic nitrogens is 2. The van der Waals surface area contributed by atoms with Crippen LogP contribution in [0.15, 0.2) is 55.1 Å². The maximum absolute atomic E-state index is 10.9. The van der Waals surface area contributed by atoms with Gasteiger partial charge in [0, 0.05) is 18.1 Å². The molecule has 0 aliphatic rings. The standard InChI is InChI=1S/C14H10N2O2/c17-14(18)11-2-1-10-3-4-13(8-12(10)7-11)16-6-5-15-9-16/h1-9H,(H,17,18). The number of imidazole rings is 1. The van der Waals surface area contributed by atoms with Gasteiger partial charge in [0.25, 0.3) is 0 Å². The molecular formula is C14H10N2O2. The van der Waals surface area contributed by atoms with E-state index in [4.69, 9.17) is 5.11 Å². The van der Waals surface area contributed by atoms with Crippen molar-refractivity contribution in [3.8, 4) is 5.69 Å². The summed E-state index contributed by atoms with van der Waals surface area (Å²) >= 11 is 0. The molecule has 0 fully saturated rings. The highest BCUT2D eigenvalue weighted by atomic mass is 16.4. The fourth-order valence-electron chi connectivity index (χ4n) is 1.94. The van der Waals surface area contributed by atoms with Gasteiger partial charge in [0.05, 0.1) is 11.9 Å². The van der Waals surface area contributed by atoms with E-state index in [1.54, 1.807) is 24.7 Å². The number of carboxylic acids is 1. The highest BCUT2D eigenvalue weighted by Gasteiger charge is 2.04. The van der Waals surface area contributed by atoms with Crippen LogP contribution < -0.4 is 0 Å². The predicted molar refractivity (Wildman–Crippen MR) is 68.0 cm³/mol. The Balaban J connectivity index is 2.18. The highest BCUT2D eigenvalue weighted by molar-refractivity contribution is 5.94. The van der Waals surface area contributed by atoms with Crippen molar-refractivity contribution in [1.82, 2.24) is 9.55 Å². The molecule has 4 heteroatoms. The van der Waals surface area contributed by atoms with Gasteiger partial charge in [0.2, 0.25) is 0 Å². The van der Waals surface area contributed by atoms with Gasteiger partial charge in [0.15, 0.2) is 0 Å². The molecule has 0 bridgehead atoms. The summed E-state index contributed by atoms with van der Waals surface area (Å²) in [6.07, 6.45) is 5.27. The Hall–Kier alpha value is -2.62. The van der Waals surface area contributed by atoms with Gasteiger partial charge in [-0.1, -0.05) is 12.1 Å². The molecule has 0 atom stereocenters. The zero-order valence-corrected chi connectivity index (χ0v) is 9.45. The summed E-state index contributed by atoms with van der Waals surface area (Å²) in [5.74, 6) is -0.912. The molecule has 0 saturated heterocycles. The third-order valence-corrected chi connectivity index (χ3v) is 2.87. The van der Waals surface area contributed by atoms with Crippen LogP contribution in [0.3, 0.4) is 0 Å². The van der Waals surface area contributed by atoms with Crippen LogP contribution >= 0.6 is 0 Å². The number of rotatable bonds is 2. The zero-order chi connectivity index (χ0) is 12.5. The van der Waals surface area contributed by atoms with Crippen LogP contribution in [-0.4, -0.2) is 20.6 Å². The summed E-state index contributed by atoms with van der Waals surface area (Å²) in [4.78, 5) is 14.9. The van der Waals surface area contributed by atoms with E-state index in [9.17, 15) is 4.79 Å². The molecule has 0 amide bonds. The van der Waals surface area contributed by atoms with Crippen LogP contribution in [-0.2, 0) is 0 Å². The Labute approximate surface area is 103 Å². The van der Waals surface area contributed by atoms with Gasteiger partial charge in [-0.25, -0.2) is 9.78 Å². The lowest BCUT2D eigenvalue weighted by Gasteiger charge is -2.05. The van der Waals surface area contributed by atoms with E-state index in [2.05, 4.69) is 4.98 Å². The molecule has 1 aromatic heterocycles. The molecule has 2 aromatic carbocycles. The van der Waals surface area contributed by atoms with Crippen molar-refractivity contribution in [2.75, 3.05) is 0 Å². The van der Waals surface area contributed by atoms with E-state index in [0.29, 0.717) is 5.56 Å². The Morgan fingerprint density at radius 1 is 1.11 bits per heavy atom. The number of nitrogens with zero attached hydrogens (tertiary/aromatic N) is 2. The molecule has 0 unspecified atom stereocenters. The number of fused-ring (bicyclic) bond motifs is 1. The maximum atomic E-state index is 10.9. The average Bonchev–Trinajstić information content (AvgIpc) is 2.91. The Morgan fingerprint density at radius 2 is 1.94 bits per heavy atom. The molecule has 88 valence electrons. The lowest BCUT2D eigenvalue weighted by atomic mass is 10.1. The molecule has 0 aliphatic carbocycles. The quantitative estimate of drug-likeness (QED) is 0.746. The molecule has 3 rings (SSSR count). The van der Waals surface area contributed by atoms with Crippen molar-refractivity contribution in [2.45, 2.75) is 0 Å². The summed E-state index contributed by atoms with van der Waals surface area (Å²) < 4.78 is 1.88. The summed E-state index contributed by atoms with van der Waals surface area (Å²) in [6.45, 7) is 0. The van der Waals surface area contributed by atoms with Gasteiger partial charge in [-0.15, -0.1) is 0 Å². The van der Waals surface area contributed by atoms with Gasteiger partial charge in [-0.05, 0) is 35.0 Å². The SMILES string of the molecule is O=C(O)c1ccc2ccc(-n3ccnc3)cc2c1. The molecular weight excluding hydrogens is 228 g/mol. The minimum Gasteiger partial charge on any atom is -0.478 e. The van der Waals surface area contributed by atoms with Crippen LogP contribution in [0.1, 0.15) is 10.4 Å². The highest BCUT2D eigenvalue weighted by Crippen LogP contribution is 2.20. The molecule has 0 aliphatic heterocycles. The van der Waals surface area contributed by atoms with Gasteiger partial charge < -0.3 is 9.67 Å². The second-order valence-corrected chi connectivity index (χ2v) is 4.02. The molecule has 18 heavy (non-hydrogen) atoms. The Morgan fingerprint density at radius 3 is 2.67 bits per heavy atom. The van der Waals surface area contributed by atoms with E-state index >= 15 is 0 Å². The van der Waals surface area contributed by atoms with Gasteiger partial charge in [-0.2, -0.15) is 0 Å². The smallest absolute Gasteiger partial charge is 0.335 e. The molecule has 1 N–H and O–H groups in total. The third kappa shape index (κ3) is 1.73. The van der Waals surface area contributed by atoms with Crippen molar-refractivity contribution in [1.29, 1.82) is 0 Å². The second kappa shape index (κ2) is 4.00. The molecule has 0 spiro atoms.